The van der Waals surface area contributed by atoms with Gasteiger partial charge in [-0.05, 0) is 35.9 Å². The van der Waals surface area contributed by atoms with Crippen LogP contribution in [0.4, 0.5) is 4.79 Å². The fraction of sp³-hybridized carbons (Fsp3) is 0.167. The van der Waals surface area contributed by atoms with Gasteiger partial charge >= 0.3 is 6.03 Å². The number of imide groups is 1. The predicted octanol–water partition coefficient (Wildman–Crippen LogP) is 2.27. The van der Waals surface area contributed by atoms with Gasteiger partial charge in [-0.25, -0.2) is 4.79 Å². The molecule has 1 saturated heterocycles. The van der Waals surface area contributed by atoms with Crippen molar-refractivity contribution in [3.63, 3.8) is 0 Å². The van der Waals surface area contributed by atoms with Crippen LogP contribution in [-0.2, 0) is 16.9 Å². The SMILES string of the molecule is C=Cc1ccc(C2(CN3Cc4ccc(Cl)cc4C3=O)NC(=O)NC2=O)o1. The molecular weight excluding hydrogens is 358 g/mol. The number of halogens is 1. The number of nitrogens with zero attached hydrogens (tertiary/aromatic N) is 1. The molecule has 1 unspecified atom stereocenters. The number of carbonyl (C=O) groups is 3. The average Bonchev–Trinajstić information content (AvgIpc) is 3.27. The Labute approximate surface area is 153 Å². The molecule has 3 heterocycles. The first-order valence-electron chi connectivity index (χ1n) is 7.87. The molecule has 26 heavy (non-hydrogen) atoms. The zero-order valence-electron chi connectivity index (χ0n) is 13.5. The van der Waals surface area contributed by atoms with Crippen LogP contribution < -0.4 is 10.6 Å². The number of carbonyl (C=O) groups excluding carboxylic acids is 3. The van der Waals surface area contributed by atoms with Crippen LogP contribution in [0.2, 0.25) is 5.02 Å². The molecule has 8 heteroatoms. The minimum atomic E-state index is -1.50. The Hall–Kier alpha value is -3.06. The highest BCUT2D eigenvalue weighted by molar-refractivity contribution is 6.31. The number of hydrogen-bond acceptors (Lipinski definition) is 4. The molecule has 4 amide bonds. The molecule has 0 radical (unpaired) electrons. The van der Waals surface area contributed by atoms with E-state index in [1.165, 1.54) is 11.0 Å². The fourth-order valence-electron chi connectivity index (χ4n) is 3.29. The van der Waals surface area contributed by atoms with Gasteiger partial charge in [-0.1, -0.05) is 24.2 Å². The van der Waals surface area contributed by atoms with Gasteiger partial charge in [0.2, 0.25) is 0 Å². The lowest BCUT2D eigenvalue weighted by Crippen LogP contribution is -2.52. The minimum absolute atomic E-state index is 0.0696. The summed E-state index contributed by atoms with van der Waals surface area (Å²) < 4.78 is 5.63. The van der Waals surface area contributed by atoms with E-state index in [0.717, 1.165) is 5.56 Å². The molecule has 2 N–H and O–H groups in total. The molecule has 0 bridgehead atoms. The Morgan fingerprint density at radius 1 is 1.27 bits per heavy atom. The highest BCUT2D eigenvalue weighted by Gasteiger charge is 2.52. The molecule has 7 nitrogen and oxygen atoms in total. The van der Waals surface area contributed by atoms with Crippen molar-refractivity contribution in [1.29, 1.82) is 0 Å². The summed E-state index contributed by atoms with van der Waals surface area (Å²) in [6.07, 6.45) is 1.49. The largest absolute Gasteiger partial charge is 0.459 e. The third-order valence-electron chi connectivity index (χ3n) is 4.57. The number of fused-ring (bicyclic) bond motifs is 1. The minimum Gasteiger partial charge on any atom is -0.459 e. The summed E-state index contributed by atoms with van der Waals surface area (Å²) in [5, 5.41) is 5.29. The Morgan fingerprint density at radius 3 is 2.73 bits per heavy atom. The van der Waals surface area contributed by atoms with Crippen molar-refractivity contribution in [2.45, 2.75) is 12.1 Å². The molecule has 1 aromatic heterocycles. The topological polar surface area (TPSA) is 91.7 Å². The summed E-state index contributed by atoms with van der Waals surface area (Å²) >= 11 is 5.97. The molecule has 4 rings (SSSR count). The number of urea groups is 1. The molecule has 132 valence electrons. The van der Waals surface area contributed by atoms with E-state index in [1.54, 1.807) is 30.3 Å². The van der Waals surface area contributed by atoms with Gasteiger partial charge in [-0.2, -0.15) is 0 Å². The van der Waals surface area contributed by atoms with Gasteiger partial charge in [0.15, 0.2) is 5.54 Å². The number of hydrogen-bond donors (Lipinski definition) is 2. The quantitative estimate of drug-likeness (QED) is 0.806. The number of furan rings is 1. The zero-order valence-corrected chi connectivity index (χ0v) is 14.3. The van der Waals surface area contributed by atoms with Crippen LogP contribution in [0.3, 0.4) is 0 Å². The van der Waals surface area contributed by atoms with Crippen molar-refractivity contribution in [2.75, 3.05) is 6.54 Å². The van der Waals surface area contributed by atoms with Crippen LogP contribution in [0, 0.1) is 0 Å². The van der Waals surface area contributed by atoms with Gasteiger partial charge in [0.1, 0.15) is 11.5 Å². The molecular formula is C18H14ClN3O4. The summed E-state index contributed by atoms with van der Waals surface area (Å²) in [5.41, 5.74) is -0.200. The zero-order chi connectivity index (χ0) is 18.5. The Bertz CT molecular complexity index is 967. The molecule has 1 atom stereocenters. The second-order valence-electron chi connectivity index (χ2n) is 6.18. The molecule has 2 aromatic rings. The Balaban J connectivity index is 1.71. The van der Waals surface area contributed by atoms with Crippen LogP contribution >= 0.6 is 11.6 Å². The standard InChI is InChI=1S/C18H14ClN3O4/c1-2-12-5-6-14(26-12)18(16(24)20-17(25)21-18)9-22-8-10-3-4-11(19)7-13(10)15(22)23/h2-7H,1,8-9H2,(H2,20,21,24,25). The van der Waals surface area contributed by atoms with E-state index >= 15 is 0 Å². The smallest absolute Gasteiger partial charge is 0.322 e. The van der Waals surface area contributed by atoms with E-state index in [-0.39, 0.29) is 18.2 Å². The van der Waals surface area contributed by atoms with Crippen molar-refractivity contribution in [1.82, 2.24) is 15.5 Å². The number of amides is 4. The van der Waals surface area contributed by atoms with Crippen molar-refractivity contribution in [3.05, 3.63) is 64.6 Å². The summed E-state index contributed by atoms with van der Waals surface area (Å²) in [7, 11) is 0. The Morgan fingerprint density at radius 2 is 2.08 bits per heavy atom. The van der Waals surface area contributed by atoms with Crippen LogP contribution in [0.15, 0.2) is 41.3 Å². The van der Waals surface area contributed by atoms with Crippen molar-refractivity contribution in [3.8, 4) is 0 Å². The van der Waals surface area contributed by atoms with E-state index in [0.29, 0.717) is 22.9 Å². The van der Waals surface area contributed by atoms with E-state index < -0.39 is 17.5 Å². The number of rotatable bonds is 4. The highest BCUT2D eigenvalue weighted by atomic mass is 35.5. The van der Waals surface area contributed by atoms with Crippen molar-refractivity contribution < 1.29 is 18.8 Å². The summed E-state index contributed by atoms with van der Waals surface area (Å²) in [4.78, 5) is 38.6. The maximum atomic E-state index is 12.7. The van der Waals surface area contributed by atoms with Gasteiger partial charge in [0.25, 0.3) is 11.8 Å². The number of nitrogens with one attached hydrogen (secondary N) is 2. The van der Waals surface area contributed by atoms with Gasteiger partial charge in [-0.15, -0.1) is 0 Å². The van der Waals surface area contributed by atoms with Crippen LogP contribution in [0.25, 0.3) is 6.08 Å². The van der Waals surface area contributed by atoms with E-state index in [9.17, 15) is 14.4 Å². The van der Waals surface area contributed by atoms with Crippen molar-refractivity contribution in [2.24, 2.45) is 0 Å². The summed E-state index contributed by atoms with van der Waals surface area (Å²) in [6.45, 7) is 3.86. The van der Waals surface area contributed by atoms with Gasteiger partial charge in [0, 0.05) is 17.1 Å². The van der Waals surface area contributed by atoms with Gasteiger partial charge in [-0.3, -0.25) is 14.9 Å². The molecule has 0 aliphatic carbocycles. The lowest BCUT2D eigenvalue weighted by molar-refractivity contribution is -0.125. The highest BCUT2D eigenvalue weighted by Crippen LogP contribution is 2.33. The second kappa shape index (κ2) is 5.74. The van der Waals surface area contributed by atoms with E-state index in [2.05, 4.69) is 17.2 Å². The lowest BCUT2D eigenvalue weighted by atomic mass is 9.95. The first-order chi connectivity index (χ1) is 12.4. The maximum Gasteiger partial charge on any atom is 0.322 e. The van der Waals surface area contributed by atoms with E-state index in [4.69, 9.17) is 16.0 Å². The molecule has 2 aliphatic heterocycles. The lowest BCUT2D eigenvalue weighted by Gasteiger charge is -2.29. The third-order valence-corrected chi connectivity index (χ3v) is 4.80. The van der Waals surface area contributed by atoms with Gasteiger partial charge in [0.05, 0.1) is 6.54 Å². The van der Waals surface area contributed by atoms with E-state index in [1.807, 2.05) is 0 Å². The normalized spacial score (nSPS) is 21.6. The number of benzene rings is 1. The molecule has 0 spiro atoms. The molecule has 1 fully saturated rings. The van der Waals surface area contributed by atoms with Gasteiger partial charge < -0.3 is 14.6 Å². The molecule has 1 aromatic carbocycles. The first-order valence-corrected chi connectivity index (χ1v) is 8.25. The van der Waals surface area contributed by atoms with Crippen LogP contribution in [-0.4, -0.2) is 29.3 Å². The molecule has 0 saturated carbocycles. The predicted molar refractivity (Wildman–Crippen MR) is 93.3 cm³/mol. The average molecular weight is 372 g/mol. The fourth-order valence-corrected chi connectivity index (χ4v) is 3.47. The molecule has 2 aliphatic rings. The monoisotopic (exact) mass is 371 g/mol. The van der Waals surface area contributed by atoms with Crippen LogP contribution in [0.5, 0.6) is 0 Å². The summed E-state index contributed by atoms with van der Waals surface area (Å²) in [5.74, 6) is -0.144. The second-order valence-corrected chi connectivity index (χ2v) is 6.62. The summed E-state index contributed by atoms with van der Waals surface area (Å²) in [6, 6.07) is 7.67. The third kappa shape index (κ3) is 2.40. The van der Waals surface area contributed by atoms with Crippen molar-refractivity contribution >= 4 is 35.5 Å². The van der Waals surface area contributed by atoms with Crippen LogP contribution in [0.1, 0.15) is 27.4 Å². The Kier molecular flexibility index (Phi) is 3.62. The first kappa shape index (κ1) is 16.4. The maximum absolute atomic E-state index is 12.7.